The van der Waals surface area contributed by atoms with E-state index in [0.29, 0.717) is 18.1 Å². The minimum atomic E-state index is -3.49. The van der Waals surface area contributed by atoms with Gasteiger partial charge in [0.1, 0.15) is 0 Å². The van der Waals surface area contributed by atoms with Crippen molar-refractivity contribution >= 4 is 10.0 Å². The molecule has 0 saturated carbocycles. The highest BCUT2D eigenvalue weighted by atomic mass is 32.2. The third kappa shape index (κ3) is 3.93. The van der Waals surface area contributed by atoms with Crippen LogP contribution in [0.4, 0.5) is 0 Å². The summed E-state index contributed by atoms with van der Waals surface area (Å²) < 4.78 is 27.4. The molecule has 1 aliphatic heterocycles. The van der Waals surface area contributed by atoms with Gasteiger partial charge in [0.25, 0.3) is 0 Å². The Hall–Kier alpha value is -1.95. The standard InChI is InChI=1S/C19H22N2O2S/c1-17-9-11-19(12-10-17)24(22,23)21-14-6-5-13-20(16-21)15-18-7-3-2-4-8-18/h2-12H,13-16H2,1H3. The van der Waals surface area contributed by atoms with Gasteiger partial charge in [0.05, 0.1) is 11.6 Å². The van der Waals surface area contributed by atoms with Crippen LogP contribution in [0.2, 0.25) is 0 Å². The smallest absolute Gasteiger partial charge is 0.244 e. The Morgan fingerprint density at radius 2 is 1.58 bits per heavy atom. The predicted molar refractivity (Wildman–Crippen MR) is 95.9 cm³/mol. The molecule has 2 aromatic carbocycles. The summed E-state index contributed by atoms with van der Waals surface area (Å²) in [5.74, 6) is 0. The number of hydrogen-bond donors (Lipinski definition) is 0. The maximum Gasteiger partial charge on any atom is 0.244 e. The summed E-state index contributed by atoms with van der Waals surface area (Å²) in [6.07, 6.45) is 3.96. The van der Waals surface area contributed by atoms with E-state index in [9.17, 15) is 8.42 Å². The van der Waals surface area contributed by atoms with Crippen LogP contribution in [-0.2, 0) is 16.6 Å². The molecule has 1 aliphatic rings. The molecule has 0 aromatic heterocycles. The van der Waals surface area contributed by atoms with Crippen molar-refractivity contribution in [3.8, 4) is 0 Å². The third-order valence-electron chi connectivity index (χ3n) is 4.10. The predicted octanol–water partition coefficient (Wildman–Crippen LogP) is 3.02. The molecule has 0 spiro atoms. The molecular weight excluding hydrogens is 320 g/mol. The van der Waals surface area contributed by atoms with Gasteiger partial charge < -0.3 is 0 Å². The lowest BCUT2D eigenvalue weighted by molar-refractivity contribution is 0.219. The SMILES string of the molecule is Cc1ccc(S(=O)(=O)N2CC=CCN(Cc3ccccc3)C2)cc1. The summed E-state index contributed by atoms with van der Waals surface area (Å²) in [6, 6.07) is 17.2. The number of rotatable bonds is 4. The summed E-state index contributed by atoms with van der Waals surface area (Å²) >= 11 is 0. The fourth-order valence-corrected chi connectivity index (χ4v) is 4.12. The Morgan fingerprint density at radius 1 is 0.917 bits per heavy atom. The summed E-state index contributed by atoms with van der Waals surface area (Å²) in [6.45, 7) is 4.21. The van der Waals surface area contributed by atoms with Crippen molar-refractivity contribution in [2.45, 2.75) is 18.4 Å². The highest BCUT2D eigenvalue weighted by Crippen LogP contribution is 2.19. The molecule has 0 aliphatic carbocycles. The molecule has 4 nitrogen and oxygen atoms in total. The Balaban J connectivity index is 1.79. The average molecular weight is 342 g/mol. The maximum absolute atomic E-state index is 12.9. The number of benzene rings is 2. The summed E-state index contributed by atoms with van der Waals surface area (Å²) in [4.78, 5) is 2.48. The molecule has 3 rings (SSSR count). The van der Waals surface area contributed by atoms with Crippen molar-refractivity contribution in [2.75, 3.05) is 19.8 Å². The number of hydrogen-bond acceptors (Lipinski definition) is 3. The minimum Gasteiger partial charge on any atom is -0.282 e. The van der Waals surface area contributed by atoms with Gasteiger partial charge in [0.15, 0.2) is 0 Å². The molecule has 5 heteroatoms. The number of aryl methyl sites for hydroxylation is 1. The molecule has 2 aromatic rings. The van der Waals surface area contributed by atoms with Crippen molar-refractivity contribution < 1.29 is 8.42 Å². The second-order valence-corrected chi connectivity index (χ2v) is 8.00. The third-order valence-corrected chi connectivity index (χ3v) is 5.92. The highest BCUT2D eigenvalue weighted by molar-refractivity contribution is 7.89. The molecule has 0 radical (unpaired) electrons. The lowest BCUT2D eigenvalue weighted by atomic mass is 10.2. The highest BCUT2D eigenvalue weighted by Gasteiger charge is 2.26. The fraction of sp³-hybridized carbons (Fsp3) is 0.263. The van der Waals surface area contributed by atoms with Gasteiger partial charge in [-0.05, 0) is 24.6 Å². The van der Waals surface area contributed by atoms with Gasteiger partial charge in [-0.15, -0.1) is 0 Å². The van der Waals surface area contributed by atoms with Gasteiger partial charge in [-0.25, -0.2) is 8.42 Å². The average Bonchev–Trinajstić information content (AvgIpc) is 2.82. The van der Waals surface area contributed by atoms with Gasteiger partial charge in [-0.1, -0.05) is 60.2 Å². The van der Waals surface area contributed by atoms with Crippen molar-refractivity contribution in [3.63, 3.8) is 0 Å². The maximum atomic E-state index is 12.9. The molecule has 0 N–H and O–H groups in total. The first-order chi connectivity index (χ1) is 11.6. The van der Waals surface area contributed by atoms with E-state index in [0.717, 1.165) is 18.7 Å². The molecule has 24 heavy (non-hydrogen) atoms. The molecular formula is C19H22N2O2S. The van der Waals surface area contributed by atoms with Crippen molar-refractivity contribution in [1.29, 1.82) is 0 Å². The second kappa shape index (κ2) is 7.30. The molecule has 0 fully saturated rings. The van der Waals surface area contributed by atoms with Crippen LogP contribution in [-0.4, -0.2) is 37.4 Å². The summed E-state index contributed by atoms with van der Waals surface area (Å²) in [5.41, 5.74) is 2.23. The van der Waals surface area contributed by atoms with Crippen LogP contribution >= 0.6 is 0 Å². The number of nitrogens with zero attached hydrogens (tertiary/aromatic N) is 2. The Labute approximate surface area is 144 Å². The molecule has 0 bridgehead atoms. The van der Waals surface area contributed by atoms with E-state index < -0.39 is 10.0 Å². The Morgan fingerprint density at radius 3 is 2.29 bits per heavy atom. The van der Waals surface area contributed by atoms with Crippen molar-refractivity contribution in [3.05, 3.63) is 77.9 Å². The van der Waals surface area contributed by atoms with Gasteiger partial charge in [-0.2, -0.15) is 4.31 Å². The van der Waals surface area contributed by atoms with E-state index in [1.54, 1.807) is 12.1 Å². The van der Waals surface area contributed by atoms with Crippen LogP contribution in [0, 0.1) is 6.92 Å². The first-order valence-electron chi connectivity index (χ1n) is 8.04. The molecule has 0 amide bonds. The first kappa shape index (κ1) is 16.9. The second-order valence-electron chi connectivity index (χ2n) is 6.06. The van der Waals surface area contributed by atoms with Crippen LogP contribution in [0.15, 0.2) is 71.6 Å². The van der Waals surface area contributed by atoms with Gasteiger partial charge in [0.2, 0.25) is 10.0 Å². The zero-order chi connectivity index (χ0) is 17.0. The van der Waals surface area contributed by atoms with E-state index >= 15 is 0 Å². The largest absolute Gasteiger partial charge is 0.282 e. The molecule has 0 saturated heterocycles. The van der Waals surface area contributed by atoms with Gasteiger partial charge in [-0.3, -0.25) is 4.90 Å². The van der Waals surface area contributed by atoms with Gasteiger partial charge in [0, 0.05) is 19.6 Å². The summed E-state index contributed by atoms with van der Waals surface area (Å²) in [7, 11) is -3.49. The van der Waals surface area contributed by atoms with Gasteiger partial charge >= 0.3 is 0 Å². The van der Waals surface area contributed by atoms with Crippen LogP contribution in [0.25, 0.3) is 0 Å². The number of sulfonamides is 1. The minimum absolute atomic E-state index is 0.350. The van der Waals surface area contributed by atoms with Crippen molar-refractivity contribution in [1.82, 2.24) is 9.21 Å². The van der Waals surface area contributed by atoms with Crippen molar-refractivity contribution in [2.24, 2.45) is 0 Å². The van der Waals surface area contributed by atoms with Crippen LogP contribution in [0.1, 0.15) is 11.1 Å². The molecule has 1 heterocycles. The van der Waals surface area contributed by atoms with E-state index in [2.05, 4.69) is 17.0 Å². The van der Waals surface area contributed by atoms with E-state index in [1.807, 2.05) is 49.4 Å². The molecule has 0 atom stereocenters. The quantitative estimate of drug-likeness (QED) is 0.802. The van der Waals surface area contributed by atoms with Crippen LogP contribution in [0.3, 0.4) is 0 Å². The molecule has 0 unspecified atom stereocenters. The van der Waals surface area contributed by atoms with E-state index in [1.165, 1.54) is 9.87 Å². The first-order valence-corrected chi connectivity index (χ1v) is 9.48. The molecule has 126 valence electrons. The summed E-state index contributed by atoms with van der Waals surface area (Å²) in [5, 5.41) is 0. The fourth-order valence-electron chi connectivity index (χ4n) is 2.74. The monoisotopic (exact) mass is 342 g/mol. The Bertz CT molecular complexity index is 799. The van der Waals surface area contributed by atoms with Crippen LogP contribution in [0.5, 0.6) is 0 Å². The lowest BCUT2D eigenvalue weighted by Crippen LogP contribution is -2.40. The lowest BCUT2D eigenvalue weighted by Gasteiger charge is -2.27. The zero-order valence-corrected chi connectivity index (χ0v) is 14.6. The van der Waals surface area contributed by atoms with Crippen LogP contribution < -0.4 is 0 Å². The Kier molecular flexibility index (Phi) is 5.14. The normalized spacial score (nSPS) is 16.9. The zero-order valence-electron chi connectivity index (χ0n) is 13.8. The van der Waals surface area contributed by atoms with E-state index in [-0.39, 0.29) is 0 Å². The van der Waals surface area contributed by atoms with E-state index in [4.69, 9.17) is 0 Å². The topological polar surface area (TPSA) is 40.6 Å².